The molecule has 2 unspecified atom stereocenters. The van der Waals surface area contributed by atoms with E-state index < -0.39 is 17.8 Å². The second kappa shape index (κ2) is 5.65. The van der Waals surface area contributed by atoms with Crippen LogP contribution in [0.15, 0.2) is 22.7 Å². The molecule has 0 radical (unpaired) electrons. The van der Waals surface area contributed by atoms with Crippen LogP contribution in [0.3, 0.4) is 0 Å². The van der Waals surface area contributed by atoms with Gasteiger partial charge in [-0.15, -0.1) is 0 Å². The number of Topliss-reactive ketones (excluding diaryl/α,β-unsaturated/α-hetero) is 1. The summed E-state index contributed by atoms with van der Waals surface area (Å²) in [6.07, 6.45) is 0. The molecule has 0 aliphatic heterocycles. The molecule has 0 saturated carbocycles. The quantitative estimate of drug-likeness (QED) is 0.862. The summed E-state index contributed by atoms with van der Waals surface area (Å²) >= 11 is 9.18. The van der Waals surface area contributed by atoms with E-state index in [9.17, 15) is 9.59 Å². The molecule has 17 heavy (non-hydrogen) atoms. The van der Waals surface area contributed by atoms with E-state index in [0.29, 0.717) is 10.6 Å². The van der Waals surface area contributed by atoms with Gasteiger partial charge in [-0.2, -0.15) is 0 Å². The number of carboxylic acids is 1. The summed E-state index contributed by atoms with van der Waals surface area (Å²) in [6, 6.07) is 4.94. The van der Waals surface area contributed by atoms with Gasteiger partial charge in [-0.25, -0.2) is 0 Å². The van der Waals surface area contributed by atoms with Crippen LogP contribution in [-0.2, 0) is 4.79 Å². The Labute approximate surface area is 113 Å². The van der Waals surface area contributed by atoms with Gasteiger partial charge >= 0.3 is 5.97 Å². The summed E-state index contributed by atoms with van der Waals surface area (Å²) < 4.78 is 0.737. The number of hydrogen-bond donors (Lipinski definition) is 1. The topological polar surface area (TPSA) is 54.4 Å². The van der Waals surface area contributed by atoms with E-state index in [4.69, 9.17) is 16.7 Å². The van der Waals surface area contributed by atoms with Gasteiger partial charge in [-0.05, 0) is 18.2 Å². The van der Waals surface area contributed by atoms with Crippen LogP contribution in [0.4, 0.5) is 0 Å². The van der Waals surface area contributed by atoms with Gasteiger partial charge in [0.25, 0.3) is 0 Å². The SMILES string of the molecule is CC(C(=O)O)C(C)C(=O)c1cc(Br)ccc1Cl. The molecule has 0 aromatic heterocycles. The third-order valence-corrected chi connectivity index (χ3v) is 3.57. The molecule has 0 fully saturated rings. The van der Waals surface area contributed by atoms with Gasteiger partial charge in [0.2, 0.25) is 0 Å². The smallest absolute Gasteiger partial charge is 0.306 e. The minimum atomic E-state index is -0.989. The van der Waals surface area contributed by atoms with Gasteiger partial charge < -0.3 is 5.11 Å². The van der Waals surface area contributed by atoms with Gasteiger partial charge in [-0.1, -0.05) is 41.4 Å². The third kappa shape index (κ3) is 3.30. The molecule has 5 heteroatoms. The lowest BCUT2D eigenvalue weighted by Crippen LogP contribution is -2.25. The first-order valence-corrected chi connectivity index (χ1v) is 6.23. The molecule has 0 aliphatic carbocycles. The van der Waals surface area contributed by atoms with Crippen LogP contribution in [-0.4, -0.2) is 16.9 Å². The monoisotopic (exact) mass is 318 g/mol. The number of benzene rings is 1. The molecule has 1 aromatic carbocycles. The Balaban J connectivity index is 3.04. The van der Waals surface area contributed by atoms with Gasteiger partial charge in [0.05, 0.1) is 10.9 Å². The summed E-state index contributed by atoms with van der Waals surface area (Å²) in [5.41, 5.74) is 0.349. The van der Waals surface area contributed by atoms with Crippen LogP contribution in [0, 0.1) is 11.8 Å². The lowest BCUT2D eigenvalue weighted by molar-refractivity contribution is -0.142. The number of ketones is 1. The van der Waals surface area contributed by atoms with Gasteiger partial charge in [-0.3, -0.25) is 9.59 Å². The van der Waals surface area contributed by atoms with Crippen molar-refractivity contribution >= 4 is 39.3 Å². The molecule has 3 nitrogen and oxygen atoms in total. The fraction of sp³-hybridized carbons (Fsp3) is 0.333. The van der Waals surface area contributed by atoms with Crippen LogP contribution in [0.5, 0.6) is 0 Å². The minimum Gasteiger partial charge on any atom is -0.481 e. The number of carbonyl (C=O) groups excluding carboxylic acids is 1. The normalized spacial score (nSPS) is 14.1. The van der Waals surface area contributed by atoms with Gasteiger partial charge in [0, 0.05) is 16.0 Å². The predicted molar refractivity (Wildman–Crippen MR) is 69.4 cm³/mol. The lowest BCUT2D eigenvalue weighted by Gasteiger charge is -2.15. The fourth-order valence-corrected chi connectivity index (χ4v) is 1.94. The largest absolute Gasteiger partial charge is 0.481 e. The Morgan fingerprint density at radius 2 is 1.88 bits per heavy atom. The van der Waals surface area contributed by atoms with Crippen LogP contribution < -0.4 is 0 Å². The first-order chi connectivity index (χ1) is 7.84. The van der Waals surface area contributed by atoms with E-state index in [2.05, 4.69) is 15.9 Å². The first kappa shape index (κ1) is 14.2. The van der Waals surface area contributed by atoms with Crippen molar-refractivity contribution in [3.8, 4) is 0 Å². The third-order valence-electron chi connectivity index (χ3n) is 2.75. The van der Waals surface area contributed by atoms with Gasteiger partial charge in [0.1, 0.15) is 0 Å². The van der Waals surface area contributed by atoms with Crippen molar-refractivity contribution in [2.45, 2.75) is 13.8 Å². The standard InChI is InChI=1S/C12H12BrClO3/c1-6(7(2)12(16)17)11(15)9-5-8(13)3-4-10(9)14/h3-7H,1-2H3,(H,16,17). The highest BCUT2D eigenvalue weighted by Gasteiger charge is 2.27. The summed E-state index contributed by atoms with van der Waals surface area (Å²) in [4.78, 5) is 22.9. The Bertz CT molecular complexity index is 459. The Kier molecular flexibility index (Phi) is 4.71. The maximum absolute atomic E-state index is 12.1. The molecule has 92 valence electrons. The van der Waals surface area contributed by atoms with Crippen molar-refractivity contribution in [1.29, 1.82) is 0 Å². The number of halogens is 2. The van der Waals surface area contributed by atoms with Crippen molar-refractivity contribution in [3.05, 3.63) is 33.3 Å². The molecule has 2 atom stereocenters. The second-order valence-corrected chi connectivity index (χ2v) is 5.23. The molecule has 0 spiro atoms. The van der Waals surface area contributed by atoms with Crippen molar-refractivity contribution in [2.75, 3.05) is 0 Å². The lowest BCUT2D eigenvalue weighted by atomic mass is 9.88. The van der Waals surface area contributed by atoms with E-state index >= 15 is 0 Å². The van der Waals surface area contributed by atoms with Crippen LogP contribution in [0.2, 0.25) is 5.02 Å². The van der Waals surface area contributed by atoms with Crippen molar-refractivity contribution in [1.82, 2.24) is 0 Å². The number of aliphatic carboxylic acids is 1. The summed E-state index contributed by atoms with van der Waals surface area (Å²) in [5.74, 6) is -2.60. The zero-order chi connectivity index (χ0) is 13.2. The van der Waals surface area contributed by atoms with E-state index in [1.807, 2.05) is 0 Å². The van der Waals surface area contributed by atoms with Crippen molar-refractivity contribution in [2.24, 2.45) is 11.8 Å². The highest BCUT2D eigenvalue weighted by atomic mass is 79.9. The molecule has 0 heterocycles. The minimum absolute atomic E-state index is 0.258. The number of rotatable bonds is 4. The van der Waals surface area contributed by atoms with Crippen LogP contribution >= 0.6 is 27.5 Å². The molecule has 1 aromatic rings. The maximum Gasteiger partial charge on any atom is 0.306 e. The Morgan fingerprint density at radius 3 is 2.41 bits per heavy atom. The van der Waals surface area contributed by atoms with E-state index in [0.717, 1.165) is 4.47 Å². The van der Waals surface area contributed by atoms with E-state index in [1.54, 1.807) is 25.1 Å². The van der Waals surface area contributed by atoms with Crippen molar-refractivity contribution in [3.63, 3.8) is 0 Å². The number of carbonyl (C=O) groups is 2. The second-order valence-electron chi connectivity index (χ2n) is 3.90. The summed E-state index contributed by atoms with van der Waals surface area (Å²) in [6.45, 7) is 3.11. The predicted octanol–water partition coefficient (Wildman–Crippen LogP) is 3.64. The maximum atomic E-state index is 12.1. The molecule has 1 rings (SSSR count). The zero-order valence-corrected chi connectivity index (χ0v) is 11.7. The van der Waals surface area contributed by atoms with Crippen LogP contribution in [0.1, 0.15) is 24.2 Å². The first-order valence-electron chi connectivity index (χ1n) is 5.06. The fourth-order valence-electron chi connectivity index (χ4n) is 1.37. The molecular formula is C12H12BrClO3. The molecular weight excluding hydrogens is 307 g/mol. The average Bonchev–Trinajstić information content (AvgIpc) is 2.29. The van der Waals surface area contributed by atoms with Crippen LogP contribution in [0.25, 0.3) is 0 Å². The highest BCUT2D eigenvalue weighted by molar-refractivity contribution is 9.10. The Hall–Kier alpha value is -0.870. The van der Waals surface area contributed by atoms with Gasteiger partial charge in [0.15, 0.2) is 5.78 Å². The summed E-state index contributed by atoms with van der Waals surface area (Å²) in [5, 5.41) is 9.21. The average molecular weight is 320 g/mol. The molecule has 0 aliphatic rings. The summed E-state index contributed by atoms with van der Waals surface area (Å²) in [7, 11) is 0. The number of hydrogen-bond acceptors (Lipinski definition) is 2. The highest BCUT2D eigenvalue weighted by Crippen LogP contribution is 2.26. The molecule has 0 saturated heterocycles. The van der Waals surface area contributed by atoms with Crippen molar-refractivity contribution < 1.29 is 14.7 Å². The molecule has 0 bridgehead atoms. The zero-order valence-electron chi connectivity index (χ0n) is 9.41. The number of carboxylic acid groups (broad SMARTS) is 1. The molecule has 0 amide bonds. The van der Waals surface area contributed by atoms with E-state index in [-0.39, 0.29) is 5.78 Å². The van der Waals surface area contributed by atoms with E-state index in [1.165, 1.54) is 6.92 Å². The Morgan fingerprint density at radius 1 is 1.29 bits per heavy atom. The molecule has 1 N–H and O–H groups in total.